The molecule has 0 radical (unpaired) electrons. The average molecular weight is 687 g/mol. The van der Waals surface area contributed by atoms with Gasteiger partial charge in [0, 0.05) is 26.8 Å². The minimum Gasteiger partial charge on any atom is -0.506 e. The van der Waals surface area contributed by atoms with Crippen molar-refractivity contribution in [1.82, 2.24) is 30.7 Å². The number of nitro benzene ring substituents is 1. The van der Waals surface area contributed by atoms with Gasteiger partial charge in [-0.25, -0.2) is 10.1 Å². The van der Waals surface area contributed by atoms with Gasteiger partial charge in [-0.1, -0.05) is 5.21 Å². The van der Waals surface area contributed by atoms with Gasteiger partial charge in [-0.15, -0.1) is 5.10 Å². The summed E-state index contributed by atoms with van der Waals surface area (Å²) >= 11 is 4.07. The molecule has 14 nitrogen and oxygen atoms in total. The first-order valence-electron chi connectivity index (χ1n) is 9.06. The van der Waals surface area contributed by atoms with Gasteiger partial charge in [0.25, 0.3) is 11.6 Å². The van der Waals surface area contributed by atoms with Crippen LogP contribution in [-0.4, -0.2) is 47.5 Å². The zero-order valence-electron chi connectivity index (χ0n) is 16.6. The molecule has 16 heteroatoms. The number of aromatic nitrogens is 5. The predicted molar refractivity (Wildman–Crippen MR) is 134 cm³/mol. The van der Waals surface area contributed by atoms with Crippen LogP contribution >= 0.6 is 45.2 Å². The number of hydrogen-bond acceptors (Lipinski definition) is 11. The number of phenolic OH excluding ortho intramolecular Hbond substituents is 1. The fourth-order valence-electron chi connectivity index (χ4n) is 2.82. The normalized spacial score (nSPS) is 11.1. The maximum atomic E-state index is 12.9. The molecule has 2 aromatic heterocycles. The minimum atomic E-state index is -0.745. The number of hydrogen-bond donors (Lipinski definition) is 3. The second kappa shape index (κ2) is 9.67. The fraction of sp³-hybridized carbons (Fsp3) is 0. The molecular weight excluding hydrogens is 676 g/mol. The lowest BCUT2D eigenvalue weighted by Gasteiger charge is -2.06. The van der Waals surface area contributed by atoms with E-state index in [-0.39, 0.29) is 34.5 Å². The summed E-state index contributed by atoms with van der Waals surface area (Å²) in [6, 6.07) is 8.83. The summed E-state index contributed by atoms with van der Waals surface area (Å²) in [5, 5.41) is 40.0. The Balaban J connectivity index is 1.70. The topological polar surface area (TPSA) is 200 Å². The molecule has 4 rings (SSSR count). The third kappa shape index (κ3) is 4.66. The molecule has 0 aliphatic carbocycles. The maximum Gasteiger partial charge on any atom is 0.294 e. The molecule has 0 aliphatic heterocycles. The van der Waals surface area contributed by atoms with Crippen molar-refractivity contribution < 1.29 is 19.5 Å². The van der Waals surface area contributed by atoms with Gasteiger partial charge in [0.05, 0.1) is 14.7 Å². The SMILES string of the molecule is Nc1nonc1-n1nnc(C(=O)N/N=C\c2cc(I)cc(I)c2O)c1-c1ccc([N+](=O)[O-])cc1. The van der Waals surface area contributed by atoms with Crippen molar-refractivity contribution in [3.05, 3.63) is 64.9 Å². The van der Waals surface area contributed by atoms with E-state index in [1.54, 1.807) is 12.1 Å². The second-order valence-corrected chi connectivity index (χ2v) is 8.91. The molecule has 0 fully saturated rings. The van der Waals surface area contributed by atoms with Crippen LogP contribution in [0.3, 0.4) is 0 Å². The molecule has 1 amide bonds. The first kappa shape index (κ1) is 23.5. The van der Waals surface area contributed by atoms with Gasteiger partial charge >= 0.3 is 0 Å². The molecule has 2 heterocycles. The van der Waals surface area contributed by atoms with E-state index in [1.807, 2.05) is 22.6 Å². The highest BCUT2D eigenvalue weighted by Gasteiger charge is 2.25. The molecule has 0 saturated heterocycles. The highest BCUT2D eigenvalue weighted by molar-refractivity contribution is 14.1. The Kier molecular flexibility index (Phi) is 6.68. The average Bonchev–Trinajstić information content (AvgIpc) is 3.42. The summed E-state index contributed by atoms with van der Waals surface area (Å²) in [4.78, 5) is 23.3. The number of halogens is 2. The lowest BCUT2D eigenvalue weighted by Crippen LogP contribution is -2.19. The third-order valence-electron chi connectivity index (χ3n) is 4.36. The van der Waals surface area contributed by atoms with Crippen molar-refractivity contribution in [3.8, 4) is 22.8 Å². The first-order chi connectivity index (χ1) is 16.3. The zero-order valence-corrected chi connectivity index (χ0v) is 20.9. The summed E-state index contributed by atoms with van der Waals surface area (Å²) in [6.45, 7) is 0. The largest absolute Gasteiger partial charge is 0.506 e. The van der Waals surface area contributed by atoms with Crippen molar-refractivity contribution in [3.63, 3.8) is 0 Å². The van der Waals surface area contributed by atoms with Crippen LogP contribution in [-0.2, 0) is 0 Å². The molecule has 0 bridgehead atoms. The summed E-state index contributed by atoms with van der Waals surface area (Å²) in [6.07, 6.45) is 1.28. The van der Waals surface area contributed by atoms with Gasteiger partial charge in [-0.2, -0.15) is 9.78 Å². The monoisotopic (exact) mass is 687 g/mol. The minimum absolute atomic E-state index is 0.0190. The lowest BCUT2D eigenvalue weighted by molar-refractivity contribution is -0.384. The Morgan fingerprint density at radius 1 is 1.26 bits per heavy atom. The van der Waals surface area contributed by atoms with E-state index in [4.69, 9.17) is 5.73 Å². The van der Waals surface area contributed by atoms with Crippen molar-refractivity contribution in [2.45, 2.75) is 0 Å². The molecular formula is C18H11I2N9O5. The molecule has 4 aromatic rings. The maximum absolute atomic E-state index is 12.9. The van der Waals surface area contributed by atoms with Crippen LogP contribution in [0.4, 0.5) is 11.5 Å². The standard InChI is InChI=1S/C18H11I2N9O5/c19-10-5-9(15(30)12(20)6-10)7-22-24-18(31)13-14(8-1-3-11(4-2-8)29(32)33)28(27-23-13)17-16(21)25-34-26-17/h1-7,30H,(H2,21,25)(H,24,31)/b22-7-. The van der Waals surface area contributed by atoms with Crippen molar-refractivity contribution in [1.29, 1.82) is 0 Å². The van der Waals surface area contributed by atoms with Gasteiger partial charge in [-0.3, -0.25) is 14.9 Å². The van der Waals surface area contributed by atoms with E-state index in [1.165, 1.54) is 30.5 Å². The molecule has 0 unspecified atom stereocenters. The molecule has 0 spiro atoms. The number of rotatable bonds is 6. The molecule has 0 saturated carbocycles. The number of amides is 1. The molecule has 34 heavy (non-hydrogen) atoms. The second-order valence-electron chi connectivity index (χ2n) is 6.50. The van der Waals surface area contributed by atoms with Gasteiger partial charge in [0.15, 0.2) is 5.69 Å². The van der Waals surface area contributed by atoms with E-state index < -0.39 is 10.8 Å². The number of non-ortho nitro benzene ring substituents is 1. The number of nitrogens with zero attached hydrogens (tertiary/aromatic N) is 7. The first-order valence-corrected chi connectivity index (χ1v) is 11.2. The number of nitrogens with two attached hydrogens (primary N) is 1. The summed E-state index contributed by atoms with van der Waals surface area (Å²) in [7, 11) is 0. The van der Waals surface area contributed by atoms with E-state index in [2.05, 4.69) is 58.4 Å². The Bertz CT molecular complexity index is 1430. The summed E-state index contributed by atoms with van der Waals surface area (Å²) in [5.41, 5.74) is 8.65. The number of nitrogen functional groups attached to an aromatic ring is 1. The van der Waals surface area contributed by atoms with E-state index in [0.717, 1.165) is 8.25 Å². The lowest BCUT2D eigenvalue weighted by atomic mass is 10.1. The number of hydrazone groups is 1. The molecule has 0 atom stereocenters. The summed E-state index contributed by atoms with van der Waals surface area (Å²) in [5.74, 6) is -0.861. The van der Waals surface area contributed by atoms with E-state index in [0.29, 0.717) is 14.7 Å². The van der Waals surface area contributed by atoms with Gasteiger partial charge in [0.2, 0.25) is 11.6 Å². The Morgan fingerprint density at radius 3 is 2.65 bits per heavy atom. The zero-order chi connectivity index (χ0) is 24.4. The van der Waals surface area contributed by atoms with E-state index in [9.17, 15) is 20.0 Å². The van der Waals surface area contributed by atoms with Gasteiger partial charge in [0.1, 0.15) is 11.4 Å². The molecule has 4 N–H and O–H groups in total. The van der Waals surface area contributed by atoms with Crippen LogP contribution in [0.1, 0.15) is 16.1 Å². The smallest absolute Gasteiger partial charge is 0.294 e. The molecule has 0 aliphatic rings. The van der Waals surface area contributed by atoms with Crippen LogP contribution in [0.15, 0.2) is 46.1 Å². The van der Waals surface area contributed by atoms with Gasteiger partial charge < -0.3 is 10.8 Å². The number of aromatic hydroxyl groups is 1. The highest BCUT2D eigenvalue weighted by Crippen LogP contribution is 2.28. The predicted octanol–water partition coefficient (Wildman–Crippen LogP) is 2.49. The number of benzene rings is 2. The Labute approximate surface area is 216 Å². The number of carbonyl (C=O) groups excluding carboxylic acids is 1. The molecule has 172 valence electrons. The quantitative estimate of drug-likeness (QED) is 0.117. The van der Waals surface area contributed by atoms with Crippen LogP contribution in [0, 0.1) is 17.3 Å². The number of phenols is 1. The number of carbonyl (C=O) groups is 1. The van der Waals surface area contributed by atoms with E-state index >= 15 is 0 Å². The third-order valence-corrected chi connectivity index (χ3v) is 5.81. The number of anilines is 1. The van der Waals surface area contributed by atoms with Crippen molar-refractivity contribution in [2.24, 2.45) is 5.10 Å². The number of nitro groups is 1. The summed E-state index contributed by atoms with van der Waals surface area (Å²) < 4.78 is 7.22. The van der Waals surface area contributed by atoms with Crippen molar-refractivity contribution in [2.75, 3.05) is 5.73 Å². The highest BCUT2D eigenvalue weighted by atomic mass is 127. The number of nitrogens with one attached hydrogen (secondary N) is 1. The van der Waals surface area contributed by atoms with Crippen molar-refractivity contribution >= 4 is 68.8 Å². The van der Waals surface area contributed by atoms with Crippen LogP contribution < -0.4 is 11.2 Å². The molecule has 2 aromatic carbocycles. The van der Waals surface area contributed by atoms with Crippen LogP contribution in [0.2, 0.25) is 0 Å². The fourth-order valence-corrected chi connectivity index (χ4v) is 4.71. The van der Waals surface area contributed by atoms with Crippen LogP contribution in [0.25, 0.3) is 17.1 Å². The van der Waals surface area contributed by atoms with Gasteiger partial charge in [-0.05, 0) is 79.8 Å². The Hall–Kier alpha value is -3.68. The van der Waals surface area contributed by atoms with Crippen LogP contribution in [0.5, 0.6) is 5.75 Å². The Morgan fingerprint density at radius 2 is 2.00 bits per heavy atom.